The topological polar surface area (TPSA) is 63.3 Å². The van der Waals surface area contributed by atoms with Gasteiger partial charge in [-0.05, 0) is 25.0 Å². The van der Waals surface area contributed by atoms with Gasteiger partial charge in [-0.15, -0.1) is 0 Å². The van der Waals surface area contributed by atoms with Crippen molar-refractivity contribution in [3.05, 3.63) is 42.1 Å². The van der Waals surface area contributed by atoms with Gasteiger partial charge < -0.3 is 5.43 Å². The zero-order chi connectivity index (χ0) is 11.7. The standard InChI is InChI=1S/C13H14N4/c14-17-13(16-9-6-7-9)11-3-1-5-12-10(11)4-2-8-15-12/h1-5,8-9H,6-7,14H2,(H,16,17). The van der Waals surface area contributed by atoms with Crippen molar-refractivity contribution in [2.24, 2.45) is 10.8 Å². The van der Waals surface area contributed by atoms with Crippen LogP contribution in [0, 0.1) is 0 Å². The molecule has 0 radical (unpaired) electrons. The Morgan fingerprint density at radius 2 is 2.18 bits per heavy atom. The monoisotopic (exact) mass is 226 g/mol. The molecular weight excluding hydrogens is 212 g/mol. The Kier molecular flexibility index (Phi) is 2.49. The van der Waals surface area contributed by atoms with Crippen LogP contribution in [0.1, 0.15) is 18.4 Å². The van der Waals surface area contributed by atoms with Gasteiger partial charge in [0.2, 0.25) is 0 Å². The van der Waals surface area contributed by atoms with Crippen LogP contribution in [0.15, 0.2) is 41.5 Å². The van der Waals surface area contributed by atoms with Crippen LogP contribution in [-0.2, 0) is 0 Å². The number of nitrogens with two attached hydrogens (primary N) is 1. The third-order valence-electron chi connectivity index (χ3n) is 2.90. The van der Waals surface area contributed by atoms with E-state index >= 15 is 0 Å². The maximum absolute atomic E-state index is 5.57. The van der Waals surface area contributed by atoms with Crippen molar-refractivity contribution < 1.29 is 0 Å². The van der Waals surface area contributed by atoms with Crippen molar-refractivity contribution in [1.29, 1.82) is 0 Å². The van der Waals surface area contributed by atoms with E-state index < -0.39 is 0 Å². The fourth-order valence-electron chi connectivity index (χ4n) is 1.88. The molecule has 3 N–H and O–H groups in total. The molecule has 17 heavy (non-hydrogen) atoms. The van der Waals surface area contributed by atoms with Gasteiger partial charge in [-0.3, -0.25) is 9.98 Å². The van der Waals surface area contributed by atoms with Crippen molar-refractivity contribution in [2.75, 3.05) is 0 Å². The minimum atomic E-state index is 0.438. The van der Waals surface area contributed by atoms with E-state index in [-0.39, 0.29) is 0 Å². The summed E-state index contributed by atoms with van der Waals surface area (Å²) in [6.45, 7) is 0. The molecule has 86 valence electrons. The van der Waals surface area contributed by atoms with Crippen molar-refractivity contribution in [1.82, 2.24) is 10.4 Å². The molecule has 4 nitrogen and oxygen atoms in total. The third kappa shape index (κ3) is 1.99. The number of hydrogen-bond acceptors (Lipinski definition) is 3. The Hall–Kier alpha value is -1.94. The van der Waals surface area contributed by atoms with Crippen molar-refractivity contribution in [3.63, 3.8) is 0 Å². The van der Waals surface area contributed by atoms with E-state index in [1.165, 1.54) is 0 Å². The summed E-state index contributed by atoms with van der Waals surface area (Å²) in [6.07, 6.45) is 4.11. The molecule has 1 heterocycles. The molecule has 1 aliphatic rings. The van der Waals surface area contributed by atoms with Crippen molar-refractivity contribution >= 4 is 16.7 Å². The van der Waals surface area contributed by atoms with Gasteiger partial charge in [0.25, 0.3) is 0 Å². The first-order chi connectivity index (χ1) is 8.38. The highest BCUT2D eigenvalue weighted by Gasteiger charge is 2.21. The number of amidine groups is 1. The predicted octanol–water partition coefficient (Wildman–Crippen LogP) is 1.61. The lowest BCUT2D eigenvalue weighted by Crippen LogP contribution is -2.31. The lowest BCUT2D eigenvalue weighted by molar-refractivity contribution is 0.972. The summed E-state index contributed by atoms with van der Waals surface area (Å²) in [6, 6.07) is 10.4. The van der Waals surface area contributed by atoms with Crippen LogP contribution in [0.3, 0.4) is 0 Å². The SMILES string of the molecule is NNC(=NC1CC1)c1cccc2ncccc12. The van der Waals surface area contributed by atoms with Gasteiger partial charge in [0.05, 0.1) is 11.6 Å². The Morgan fingerprint density at radius 3 is 2.94 bits per heavy atom. The van der Waals surface area contributed by atoms with E-state index in [0.29, 0.717) is 6.04 Å². The second kappa shape index (κ2) is 4.14. The molecule has 0 unspecified atom stereocenters. The van der Waals surface area contributed by atoms with Gasteiger partial charge in [-0.2, -0.15) is 0 Å². The maximum Gasteiger partial charge on any atom is 0.143 e. The molecule has 0 saturated heterocycles. The minimum absolute atomic E-state index is 0.438. The molecule has 1 aromatic heterocycles. The van der Waals surface area contributed by atoms with E-state index in [9.17, 15) is 0 Å². The van der Waals surface area contributed by atoms with E-state index in [0.717, 1.165) is 35.1 Å². The lowest BCUT2D eigenvalue weighted by atomic mass is 10.1. The fourth-order valence-corrected chi connectivity index (χ4v) is 1.88. The number of aromatic nitrogens is 1. The average molecular weight is 226 g/mol. The number of nitrogens with zero attached hydrogens (tertiary/aromatic N) is 2. The number of fused-ring (bicyclic) bond motifs is 1. The molecule has 1 saturated carbocycles. The zero-order valence-electron chi connectivity index (χ0n) is 9.43. The molecule has 1 aromatic carbocycles. The summed E-state index contributed by atoms with van der Waals surface area (Å²) in [5.74, 6) is 6.33. The van der Waals surface area contributed by atoms with E-state index in [2.05, 4.69) is 15.4 Å². The zero-order valence-corrected chi connectivity index (χ0v) is 9.43. The van der Waals surface area contributed by atoms with Gasteiger partial charge in [0.1, 0.15) is 5.84 Å². The van der Waals surface area contributed by atoms with Gasteiger partial charge in [-0.1, -0.05) is 18.2 Å². The molecule has 2 aromatic rings. The molecular formula is C13H14N4. The first-order valence-electron chi connectivity index (χ1n) is 5.77. The minimum Gasteiger partial charge on any atom is -0.308 e. The summed E-state index contributed by atoms with van der Waals surface area (Å²) in [5.41, 5.74) is 4.68. The molecule has 0 amide bonds. The number of benzene rings is 1. The maximum atomic E-state index is 5.57. The molecule has 4 heteroatoms. The number of hydrazine groups is 1. The Morgan fingerprint density at radius 1 is 1.29 bits per heavy atom. The van der Waals surface area contributed by atoms with Crippen molar-refractivity contribution in [3.8, 4) is 0 Å². The van der Waals surface area contributed by atoms with Crippen LogP contribution in [0.5, 0.6) is 0 Å². The Labute approximate surface area is 99.5 Å². The van der Waals surface area contributed by atoms with E-state index in [4.69, 9.17) is 5.84 Å². The van der Waals surface area contributed by atoms with Gasteiger partial charge >= 0.3 is 0 Å². The number of pyridine rings is 1. The van der Waals surface area contributed by atoms with Crippen LogP contribution in [0.2, 0.25) is 0 Å². The predicted molar refractivity (Wildman–Crippen MR) is 68.6 cm³/mol. The quantitative estimate of drug-likeness (QED) is 0.354. The number of nitrogens with one attached hydrogen (secondary N) is 1. The Bertz CT molecular complexity index is 567. The molecule has 0 aliphatic heterocycles. The lowest BCUT2D eigenvalue weighted by Gasteiger charge is -2.08. The largest absolute Gasteiger partial charge is 0.308 e. The van der Waals surface area contributed by atoms with Crippen LogP contribution in [0.4, 0.5) is 0 Å². The second-order valence-electron chi connectivity index (χ2n) is 4.23. The highest BCUT2D eigenvalue weighted by molar-refractivity contribution is 6.08. The summed E-state index contributed by atoms with van der Waals surface area (Å²) in [7, 11) is 0. The van der Waals surface area contributed by atoms with Crippen LogP contribution >= 0.6 is 0 Å². The summed E-state index contributed by atoms with van der Waals surface area (Å²) in [4.78, 5) is 8.91. The average Bonchev–Trinajstić information content (AvgIpc) is 3.19. The van der Waals surface area contributed by atoms with Crippen LogP contribution in [-0.4, -0.2) is 16.9 Å². The second-order valence-corrected chi connectivity index (χ2v) is 4.23. The van der Waals surface area contributed by atoms with Gasteiger partial charge in [0, 0.05) is 17.1 Å². The highest BCUT2D eigenvalue weighted by Crippen LogP contribution is 2.25. The Balaban J connectivity index is 2.15. The molecule has 0 bridgehead atoms. The van der Waals surface area contributed by atoms with Gasteiger partial charge in [-0.25, -0.2) is 5.84 Å². The van der Waals surface area contributed by atoms with Crippen molar-refractivity contribution in [2.45, 2.75) is 18.9 Å². The van der Waals surface area contributed by atoms with E-state index in [1.54, 1.807) is 6.20 Å². The summed E-state index contributed by atoms with van der Waals surface area (Å²) < 4.78 is 0. The molecule has 3 rings (SSSR count). The first-order valence-corrected chi connectivity index (χ1v) is 5.77. The fraction of sp³-hybridized carbons (Fsp3) is 0.231. The number of hydrogen-bond donors (Lipinski definition) is 2. The molecule has 0 spiro atoms. The molecule has 1 aliphatic carbocycles. The smallest absolute Gasteiger partial charge is 0.143 e. The number of rotatable bonds is 2. The molecule has 0 atom stereocenters. The summed E-state index contributed by atoms with van der Waals surface area (Å²) in [5, 5.41) is 1.08. The number of aliphatic imine (C=N–C) groups is 1. The third-order valence-corrected chi connectivity index (χ3v) is 2.90. The van der Waals surface area contributed by atoms with Crippen LogP contribution < -0.4 is 11.3 Å². The van der Waals surface area contributed by atoms with Gasteiger partial charge in [0.15, 0.2) is 0 Å². The van der Waals surface area contributed by atoms with E-state index in [1.807, 2.05) is 30.3 Å². The molecule has 1 fully saturated rings. The van der Waals surface area contributed by atoms with Crippen LogP contribution in [0.25, 0.3) is 10.9 Å². The highest BCUT2D eigenvalue weighted by atomic mass is 15.3. The first kappa shape index (κ1) is 10.2. The summed E-state index contributed by atoms with van der Waals surface area (Å²) >= 11 is 0. The normalized spacial score (nSPS) is 16.2.